The lowest BCUT2D eigenvalue weighted by Gasteiger charge is -2.09. The maximum absolute atomic E-state index is 12.2. The Morgan fingerprint density at radius 1 is 1.33 bits per heavy atom. The van der Waals surface area contributed by atoms with E-state index < -0.39 is 14.9 Å². The number of nitrogen functional groups attached to an aromatic ring is 1. The molecule has 0 aliphatic heterocycles. The van der Waals surface area contributed by atoms with Gasteiger partial charge in [0.2, 0.25) is 0 Å². The molecule has 2 aromatic rings. The van der Waals surface area contributed by atoms with Crippen LogP contribution in [-0.2, 0) is 10.0 Å². The Labute approximate surface area is 128 Å². The van der Waals surface area contributed by atoms with Crippen molar-refractivity contribution >= 4 is 43.0 Å². The predicted molar refractivity (Wildman–Crippen MR) is 80.3 cm³/mol. The van der Waals surface area contributed by atoms with Gasteiger partial charge in [0, 0.05) is 18.5 Å². The Kier molecular flexibility index (Phi) is 4.09. The van der Waals surface area contributed by atoms with E-state index in [1.54, 1.807) is 0 Å². The number of hydrogen-bond donors (Lipinski definition) is 2. The Morgan fingerprint density at radius 2 is 2.05 bits per heavy atom. The maximum atomic E-state index is 12.2. The van der Waals surface area contributed by atoms with Crippen LogP contribution in [0.1, 0.15) is 0 Å². The van der Waals surface area contributed by atoms with E-state index in [4.69, 9.17) is 5.73 Å². The summed E-state index contributed by atoms with van der Waals surface area (Å²) < 4.78 is 27.2. The minimum Gasteiger partial charge on any atom is -0.393 e. The summed E-state index contributed by atoms with van der Waals surface area (Å²) in [6.07, 6.45) is 2.86. The molecule has 2 rings (SSSR count). The number of aromatic nitrogens is 1. The third-order valence-electron chi connectivity index (χ3n) is 2.52. The highest BCUT2D eigenvalue weighted by atomic mass is 79.9. The standard InChI is InChI=1S/C11H9BrN4O4S/c12-8-6-14-4-3-10(8)15-21(19,20)7-1-2-11(16(17)18)9(13)5-7/h1-6H,13H2,(H,14,15). The minimum atomic E-state index is -3.91. The summed E-state index contributed by atoms with van der Waals surface area (Å²) in [7, 11) is -3.91. The van der Waals surface area contributed by atoms with Crippen LogP contribution in [0.15, 0.2) is 46.0 Å². The zero-order chi connectivity index (χ0) is 15.6. The highest BCUT2D eigenvalue weighted by Gasteiger charge is 2.19. The number of nitro benzene ring substituents is 1. The van der Waals surface area contributed by atoms with Gasteiger partial charge in [-0.1, -0.05) is 0 Å². The normalized spacial score (nSPS) is 11.1. The van der Waals surface area contributed by atoms with Crippen molar-refractivity contribution in [2.45, 2.75) is 4.90 Å². The van der Waals surface area contributed by atoms with Crippen molar-refractivity contribution < 1.29 is 13.3 Å². The first kappa shape index (κ1) is 15.2. The van der Waals surface area contributed by atoms with E-state index in [0.29, 0.717) is 10.2 Å². The molecule has 0 aliphatic rings. The fraction of sp³-hybridized carbons (Fsp3) is 0. The highest BCUT2D eigenvalue weighted by Crippen LogP contribution is 2.27. The van der Waals surface area contributed by atoms with Crippen LogP contribution in [0, 0.1) is 10.1 Å². The van der Waals surface area contributed by atoms with Crippen LogP contribution in [0.25, 0.3) is 0 Å². The molecule has 0 radical (unpaired) electrons. The zero-order valence-corrected chi connectivity index (χ0v) is 12.8. The third-order valence-corrected chi connectivity index (χ3v) is 4.52. The molecule has 0 amide bonds. The average Bonchev–Trinajstić information content (AvgIpc) is 2.40. The zero-order valence-electron chi connectivity index (χ0n) is 10.4. The van der Waals surface area contributed by atoms with Gasteiger partial charge >= 0.3 is 0 Å². The number of nitrogens with one attached hydrogen (secondary N) is 1. The molecule has 0 saturated carbocycles. The topological polar surface area (TPSA) is 128 Å². The molecule has 1 heterocycles. The Balaban J connectivity index is 2.39. The van der Waals surface area contributed by atoms with E-state index in [1.807, 2.05) is 0 Å². The maximum Gasteiger partial charge on any atom is 0.292 e. The molecule has 8 nitrogen and oxygen atoms in total. The van der Waals surface area contributed by atoms with Gasteiger partial charge in [0.15, 0.2) is 0 Å². The number of halogens is 1. The second kappa shape index (κ2) is 5.66. The molecule has 3 N–H and O–H groups in total. The molecule has 10 heteroatoms. The molecule has 21 heavy (non-hydrogen) atoms. The van der Waals surface area contributed by atoms with Gasteiger partial charge in [-0.05, 0) is 34.1 Å². The largest absolute Gasteiger partial charge is 0.393 e. The molecule has 0 saturated heterocycles. The summed E-state index contributed by atoms with van der Waals surface area (Å²) in [6.45, 7) is 0. The van der Waals surface area contributed by atoms with Crippen molar-refractivity contribution in [1.82, 2.24) is 4.98 Å². The van der Waals surface area contributed by atoms with Gasteiger partial charge in [-0.2, -0.15) is 0 Å². The van der Waals surface area contributed by atoms with Gasteiger partial charge in [-0.25, -0.2) is 8.42 Å². The lowest BCUT2D eigenvalue weighted by molar-refractivity contribution is -0.383. The van der Waals surface area contributed by atoms with Crippen LogP contribution >= 0.6 is 15.9 Å². The third kappa shape index (κ3) is 3.28. The molecule has 0 spiro atoms. The number of anilines is 2. The van der Waals surface area contributed by atoms with E-state index in [2.05, 4.69) is 25.6 Å². The summed E-state index contributed by atoms with van der Waals surface area (Å²) in [5, 5.41) is 10.7. The summed E-state index contributed by atoms with van der Waals surface area (Å²) in [6, 6.07) is 4.67. The monoisotopic (exact) mass is 372 g/mol. The van der Waals surface area contributed by atoms with E-state index in [1.165, 1.54) is 18.5 Å². The van der Waals surface area contributed by atoms with Crippen molar-refractivity contribution in [3.8, 4) is 0 Å². The molecule has 0 atom stereocenters. The Hall–Kier alpha value is -2.20. The SMILES string of the molecule is Nc1cc(S(=O)(=O)Nc2ccncc2Br)ccc1[N+](=O)[O-]. The number of benzene rings is 1. The number of nitrogens with zero attached hydrogens (tertiary/aromatic N) is 2. The molecule has 0 unspecified atom stereocenters. The van der Waals surface area contributed by atoms with Gasteiger partial charge in [-0.15, -0.1) is 0 Å². The Morgan fingerprint density at radius 3 is 2.62 bits per heavy atom. The van der Waals surface area contributed by atoms with E-state index in [9.17, 15) is 18.5 Å². The molecule has 1 aromatic heterocycles. The van der Waals surface area contributed by atoms with Crippen LogP contribution in [0.4, 0.5) is 17.1 Å². The number of rotatable bonds is 4. The fourth-order valence-electron chi connectivity index (χ4n) is 1.53. The molecular formula is C11H9BrN4O4S. The first-order valence-electron chi connectivity index (χ1n) is 5.47. The molecule has 1 aromatic carbocycles. The van der Waals surface area contributed by atoms with Crippen LogP contribution in [-0.4, -0.2) is 18.3 Å². The minimum absolute atomic E-state index is 0.172. The van der Waals surface area contributed by atoms with Gasteiger partial charge < -0.3 is 5.73 Å². The van der Waals surface area contributed by atoms with E-state index in [-0.39, 0.29) is 16.3 Å². The van der Waals surface area contributed by atoms with Crippen molar-refractivity contribution in [3.05, 3.63) is 51.2 Å². The van der Waals surface area contributed by atoms with E-state index in [0.717, 1.165) is 18.2 Å². The first-order valence-corrected chi connectivity index (χ1v) is 7.75. The van der Waals surface area contributed by atoms with Gasteiger partial charge in [-0.3, -0.25) is 19.8 Å². The number of nitrogens with two attached hydrogens (primary N) is 1. The number of nitro groups is 1. The van der Waals surface area contributed by atoms with Crippen molar-refractivity contribution in [1.29, 1.82) is 0 Å². The number of pyridine rings is 1. The summed E-state index contributed by atoms with van der Waals surface area (Å²) >= 11 is 3.16. The van der Waals surface area contributed by atoms with Gasteiger partial charge in [0.25, 0.3) is 15.7 Å². The highest BCUT2D eigenvalue weighted by molar-refractivity contribution is 9.10. The number of hydrogen-bond acceptors (Lipinski definition) is 6. The van der Waals surface area contributed by atoms with E-state index >= 15 is 0 Å². The lowest BCUT2D eigenvalue weighted by atomic mass is 10.3. The first-order chi connectivity index (χ1) is 9.81. The van der Waals surface area contributed by atoms with Crippen molar-refractivity contribution in [2.24, 2.45) is 0 Å². The second-order valence-corrected chi connectivity index (χ2v) is 6.48. The number of sulfonamides is 1. The van der Waals surface area contributed by atoms with Crippen molar-refractivity contribution in [3.63, 3.8) is 0 Å². The van der Waals surface area contributed by atoms with Crippen LogP contribution < -0.4 is 10.5 Å². The molecule has 110 valence electrons. The summed E-state index contributed by atoms with van der Waals surface area (Å²) in [4.78, 5) is 13.6. The summed E-state index contributed by atoms with van der Waals surface area (Å²) in [5.41, 5.74) is 5.21. The molecular weight excluding hydrogens is 364 g/mol. The predicted octanol–water partition coefficient (Wildman–Crippen LogP) is 2.14. The summed E-state index contributed by atoms with van der Waals surface area (Å²) in [5.74, 6) is 0. The molecule has 0 fully saturated rings. The Bertz CT molecular complexity index is 810. The molecule has 0 bridgehead atoms. The second-order valence-electron chi connectivity index (χ2n) is 3.94. The van der Waals surface area contributed by atoms with Crippen LogP contribution in [0.2, 0.25) is 0 Å². The fourth-order valence-corrected chi connectivity index (χ4v) is 3.12. The van der Waals surface area contributed by atoms with Crippen molar-refractivity contribution in [2.75, 3.05) is 10.5 Å². The van der Waals surface area contributed by atoms with Crippen LogP contribution in [0.5, 0.6) is 0 Å². The molecule has 0 aliphatic carbocycles. The smallest absolute Gasteiger partial charge is 0.292 e. The van der Waals surface area contributed by atoms with Gasteiger partial charge in [0.05, 0.1) is 20.0 Å². The quantitative estimate of drug-likeness (QED) is 0.480. The van der Waals surface area contributed by atoms with Gasteiger partial charge in [0.1, 0.15) is 5.69 Å². The average molecular weight is 373 g/mol. The lowest BCUT2D eigenvalue weighted by Crippen LogP contribution is -2.14. The van der Waals surface area contributed by atoms with Crippen LogP contribution in [0.3, 0.4) is 0 Å².